The monoisotopic (exact) mass is 252 g/mol. The van der Waals surface area contributed by atoms with E-state index in [0.29, 0.717) is 0 Å². The molecule has 0 amide bonds. The SMILES string of the molecule is FB(F)F.[K][C@@H]1CCC[C@H]1c1ccccc1. The summed E-state index contributed by atoms with van der Waals surface area (Å²) in [7, 11) is -3.67. The second-order valence-electron chi connectivity index (χ2n) is 4.17. The first-order valence-electron chi connectivity index (χ1n) is 5.58. The van der Waals surface area contributed by atoms with Gasteiger partial charge in [0.25, 0.3) is 0 Å². The Labute approximate surface area is 129 Å². The Balaban J connectivity index is 0.000000280. The molecular formula is C11H13BF3K. The first kappa shape index (κ1) is 14.8. The second kappa shape index (κ2) is 7.93. The van der Waals surface area contributed by atoms with Gasteiger partial charge in [-0.2, -0.15) is 0 Å². The molecule has 0 bridgehead atoms. The van der Waals surface area contributed by atoms with Gasteiger partial charge in [-0.15, -0.1) is 0 Å². The van der Waals surface area contributed by atoms with Crippen LogP contribution in [0.2, 0.25) is 0.0125 Å². The Morgan fingerprint density at radius 2 is 1.62 bits per heavy atom. The van der Waals surface area contributed by atoms with E-state index in [4.69, 9.17) is 0 Å². The summed E-state index contributed by atoms with van der Waals surface area (Å²) < 4.78 is 30.1. The van der Waals surface area contributed by atoms with Crippen LogP contribution >= 0.6 is 0 Å². The van der Waals surface area contributed by atoms with E-state index in [1.54, 1.807) is 5.56 Å². The van der Waals surface area contributed by atoms with Gasteiger partial charge < -0.3 is 0 Å². The molecule has 0 aromatic heterocycles. The Kier molecular flexibility index (Phi) is 7.32. The molecule has 0 heterocycles. The van der Waals surface area contributed by atoms with Crippen molar-refractivity contribution in [1.82, 2.24) is 0 Å². The molecule has 2 atom stereocenters. The quantitative estimate of drug-likeness (QED) is 0.667. The first-order chi connectivity index (χ1) is 7.61. The third-order valence-corrected chi connectivity index (χ3v) is 5.25. The van der Waals surface area contributed by atoms with Crippen molar-refractivity contribution >= 4 is 56.5 Å². The summed E-state index contributed by atoms with van der Waals surface area (Å²) in [6, 6.07) is 11.1. The van der Waals surface area contributed by atoms with Gasteiger partial charge >= 0.3 is 118 Å². The Morgan fingerprint density at radius 3 is 2.06 bits per heavy atom. The van der Waals surface area contributed by atoms with Crippen LogP contribution in [0.5, 0.6) is 0 Å². The Bertz CT molecular complexity index is 292. The van der Waals surface area contributed by atoms with Crippen LogP contribution in [0.3, 0.4) is 0 Å². The topological polar surface area (TPSA) is 0 Å². The summed E-state index contributed by atoms with van der Waals surface area (Å²) in [6.45, 7) is 0. The standard InChI is InChI=1S/C11H13.BF3.K/c1-2-6-10(7-3-1)11-8-4-5-9-11;2-1(3)4;/h1-3,6-8,11H,4-5,9H2;;/t11-;;/m0../s1. The van der Waals surface area contributed by atoms with Crippen molar-refractivity contribution < 1.29 is 12.9 Å². The van der Waals surface area contributed by atoms with Gasteiger partial charge in [0.15, 0.2) is 0 Å². The van der Waals surface area contributed by atoms with E-state index >= 15 is 0 Å². The molecule has 82 valence electrons. The van der Waals surface area contributed by atoms with Crippen molar-refractivity contribution in [2.75, 3.05) is 0 Å². The van der Waals surface area contributed by atoms with Crippen LogP contribution in [0.15, 0.2) is 30.3 Å². The van der Waals surface area contributed by atoms with E-state index in [2.05, 4.69) is 30.3 Å². The van der Waals surface area contributed by atoms with Gasteiger partial charge in [0.05, 0.1) is 0 Å². The molecule has 1 aliphatic carbocycles. The predicted octanol–water partition coefficient (Wildman–Crippen LogP) is 3.79. The molecule has 0 aliphatic heterocycles. The molecule has 16 heavy (non-hydrogen) atoms. The van der Waals surface area contributed by atoms with Gasteiger partial charge in [0, 0.05) is 0 Å². The molecule has 1 saturated carbocycles. The van der Waals surface area contributed by atoms with E-state index in [1.807, 2.05) is 0 Å². The molecule has 1 aromatic carbocycles. The van der Waals surface area contributed by atoms with Crippen molar-refractivity contribution in [2.45, 2.75) is 25.2 Å². The molecule has 1 aliphatic rings. The summed E-state index contributed by atoms with van der Waals surface area (Å²) in [4.78, 5) is 0. The van der Waals surface area contributed by atoms with Gasteiger partial charge in [0.1, 0.15) is 0 Å². The van der Waals surface area contributed by atoms with Crippen molar-refractivity contribution in [2.24, 2.45) is 0 Å². The summed E-state index contributed by atoms with van der Waals surface area (Å²) >= 11 is 1.02. The molecule has 5 heteroatoms. The molecule has 0 unspecified atom stereocenters. The molecule has 0 spiro atoms. The average Bonchev–Trinajstić information content (AvgIpc) is 2.65. The first-order valence-corrected chi connectivity index (χ1v) is 7.38. The van der Waals surface area contributed by atoms with E-state index < -0.39 is 7.54 Å². The third-order valence-electron chi connectivity index (χ3n) is 3.09. The van der Waals surface area contributed by atoms with Gasteiger partial charge in [-0.25, -0.2) is 0 Å². The van der Waals surface area contributed by atoms with Crippen LogP contribution in [0.25, 0.3) is 0 Å². The molecule has 0 saturated heterocycles. The molecule has 0 radical (unpaired) electrons. The number of hydrogen-bond donors (Lipinski definition) is 0. The summed E-state index contributed by atoms with van der Waals surface area (Å²) in [5.74, 6) is 0.922. The molecule has 2 rings (SSSR count). The molecule has 0 nitrogen and oxygen atoms in total. The van der Waals surface area contributed by atoms with Crippen molar-refractivity contribution in [3.05, 3.63) is 35.9 Å². The van der Waals surface area contributed by atoms with E-state index in [-0.39, 0.29) is 0 Å². The van der Waals surface area contributed by atoms with Crippen molar-refractivity contribution in [3.63, 3.8) is 0 Å². The maximum absolute atomic E-state index is 9.67. The van der Waals surface area contributed by atoms with Crippen LogP contribution in [0.4, 0.5) is 12.9 Å². The summed E-state index contributed by atoms with van der Waals surface area (Å²) in [6.07, 6.45) is 4.40. The number of halogens is 3. The minimum absolute atomic E-state index is 0.922. The fourth-order valence-electron chi connectivity index (χ4n) is 2.34. The summed E-state index contributed by atoms with van der Waals surface area (Å²) in [5, 5.41) is 0. The zero-order valence-corrected chi connectivity index (χ0v) is 12.5. The fourth-order valence-corrected chi connectivity index (χ4v) is 4.10. The maximum atomic E-state index is 9.67. The van der Waals surface area contributed by atoms with Crippen LogP contribution in [-0.4, -0.2) is 56.5 Å². The van der Waals surface area contributed by atoms with Crippen LogP contribution in [0.1, 0.15) is 30.7 Å². The van der Waals surface area contributed by atoms with Crippen molar-refractivity contribution in [3.8, 4) is 0 Å². The zero-order chi connectivity index (χ0) is 12.0. The molecule has 0 N–H and O–H groups in total. The average molecular weight is 252 g/mol. The molecule has 1 aromatic rings. The molecular weight excluding hydrogens is 239 g/mol. The van der Waals surface area contributed by atoms with Crippen LogP contribution < -0.4 is 0 Å². The van der Waals surface area contributed by atoms with Crippen LogP contribution in [-0.2, 0) is 0 Å². The van der Waals surface area contributed by atoms with Crippen molar-refractivity contribution in [1.29, 1.82) is 0 Å². The zero-order valence-electron chi connectivity index (χ0n) is 9.37. The van der Waals surface area contributed by atoms with Gasteiger partial charge in [0.2, 0.25) is 0 Å². The van der Waals surface area contributed by atoms with E-state index in [1.165, 1.54) is 19.3 Å². The Hall–Kier alpha value is 0.711. The van der Waals surface area contributed by atoms with Gasteiger partial charge in [-0.05, 0) is 0 Å². The van der Waals surface area contributed by atoms with E-state index in [0.717, 1.165) is 54.9 Å². The van der Waals surface area contributed by atoms with E-state index in [9.17, 15) is 12.9 Å². The predicted molar refractivity (Wildman–Crippen MR) is 61.6 cm³/mol. The van der Waals surface area contributed by atoms with Gasteiger partial charge in [-0.3, -0.25) is 12.9 Å². The fraction of sp³-hybridized carbons (Fsp3) is 0.455. The minimum atomic E-state index is -3.67. The van der Waals surface area contributed by atoms with Crippen LogP contribution in [0, 0.1) is 0 Å². The number of benzene rings is 1. The Morgan fingerprint density at radius 1 is 1.06 bits per heavy atom. The molecule has 1 fully saturated rings. The second-order valence-corrected chi connectivity index (χ2v) is 6.49. The number of rotatable bonds is 1. The third kappa shape index (κ3) is 5.36. The normalized spacial score (nSPS) is 23.6. The summed E-state index contributed by atoms with van der Waals surface area (Å²) in [5.41, 5.74) is 1.59. The number of hydrogen-bond acceptors (Lipinski definition) is 0. The van der Waals surface area contributed by atoms with Gasteiger partial charge in [-0.1, -0.05) is 0 Å².